The van der Waals surface area contributed by atoms with Crippen molar-refractivity contribution in [3.8, 4) is 0 Å². The molecule has 0 aromatic heterocycles. The van der Waals surface area contributed by atoms with E-state index in [0.29, 0.717) is 12.1 Å². The van der Waals surface area contributed by atoms with Crippen LogP contribution in [0.5, 0.6) is 0 Å². The first-order valence-electron chi connectivity index (χ1n) is 7.90. The Morgan fingerprint density at radius 1 is 0.818 bits per heavy atom. The van der Waals surface area contributed by atoms with Crippen LogP contribution in [-0.2, 0) is 5.41 Å². The molecule has 1 heterocycles. The van der Waals surface area contributed by atoms with Gasteiger partial charge in [-0.05, 0) is 40.7 Å². The lowest BCUT2D eigenvalue weighted by Crippen LogP contribution is -2.26. The Bertz CT molecular complexity index is 623. The number of benzene rings is 2. The molecular formula is C19H25N3. The lowest BCUT2D eigenvalue weighted by molar-refractivity contribution is 0.554. The highest BCUT2D eigenvalue weighted by Gasteiger charge is 2.26. The zero-order chi connectivity index (χ0) is 15.7. The first-order chi connectivity index (χ1) is 10.4. The van der Waals surface area contributed by atoms with Gasteiger partial charge in [0.2, 0.25) is 0 Å². The Balaban J connectivity index is 1.71. The Kier molecular flexibility index (Phi) is 3.94. The third-order valence-electron chi connectivity index (χ3n) is 4.42. The van der Waals surface area contributed by atoms with Crippen LogP contribution in [0, 0.1) is 0 Å². The topological polar surface area (TPSA) is 50.1 Å². The van der Waals surface area contributed by atoms with E-state index in [-0.39, 0.29) is 5.41 Å². The van der Waals surface area contributed by atoms with Crippen LogP contribution in [0.2, 0.25) is 0 Å². The van der Waals surface area contributed by atoms with Gasteiger partial charge in [-0.3, -0.25) is 0 Å². The quantitative estimate of drug-likeness (QED) is 0.738. The van der Waals surface area contributed by atoms with Crippen molar-refractivity contribution in [2.24, 2.45) is 0 Å². The van der Waals surface area contributed by atoms with Gasteiger partial charge in [-0.1, -0.05) is 57.2 Å². The highest BCUT2D eigenvalue weighted by Crippen LogP contribution is 2.32. The molecule has 3 nitrogen and oxygen atoms in total. The van der Waals surface area contributed by atoms with Crippen LogP contribution in [0.3, 0.4) is 0 Å². The van der Waals surface area contributed by atoms with Crippen molar-refractivity contribution >= 4 is 5.69 Å². The smallest absolute Gasteiger partial charge is 0.0481 e. The lowest BCUT2D eigenvalue weighted by atomic mass is 9.86. The van der Waals surface area contributed by atoms with Crippen LogP contribution in [0.25, 0.3) is 0 Å². The van der Waals surface area contributed by atoms with Crippen molar-refractivity contribution in [1.82, 2.24) is 10.9 Å². The van der Waals surface area contributed by atoms with Crippen LogP contribution in [0.4, 0.5) is 5.69 Å². The highest BCUT2D eigenvalue weighted by molar-refractivity contribution is 5.40. The van der Waals surface area contributed by atoms with E-state index in [1.807, 2.05) is 12.1 Å². The number of rotatable bonds is 2. The van der Waals surface area contributed by atoms with E-state index < -0.39 is 0 Å². The molecule has 0 aliphatic carbocycles. The van der Waals surface area contributed by atoms with Gasteiger partial charge < -0.3 is 5.73 Å². The maximum atomic E-state index is 5.76. The summed E-state index contributed by atoms with van der Waals surface area (Å²) in [4.78, 5) is 0. The molecule has 1 aliphatic heterocycles. The molecule has 0 spiro atoms. The number of anilines is 1. The lowest BCUT2D eigenvalue weighted by Gasteiger charge is -2.20. The van der Waals surface area contributed by atoms with Crippen molar-refractivity contribution in [3.63, 3.8) is 0 Å². The molecule has 0 saturated carbocycles. The average Bonchev–Trinajstić information content (AvgIpc) is 2.97. The summed E-state index contributed by atoms with van der Waals surface area (Å²) in [6, 6.07) is 17.8. The molecule has 2 aromatic carbocycles. The predicted octanol–water partition coefficient (Wildman–Crippen LogP) is 3.85. The predicted molar refractivity (Wildman–Crippen MR) is 92.4 cm³/mol. The fourth-order valence-electron chi connectivity index (χ4n) is 2.94. The molecule has 4 N–H and O–H groups in total. The third kappa shape index (κ3) is 3.16. The maximum absolute atomic E-state index is 5.76. The fraction of sp³-hybridized carbons (Fsp3) is 0.368. The van der Waals surface area contributed by atoms with Gasteiger partial charge in [0.05, 0.1) is 0 Å². The monoisotopic (exact) mass is 295 g/mol. The Morgan fingerprint density at radius 3 is 1.73 bits per heavy atom. The summed E-state index contributed by atoms with van der Waals surface area (Å²) in [6.45, 7) is 6.73. The molecule has 1 saturated heterocycles. The van der Waals surface area contributed by atoms with E-state index in [9.17, 15) is 0 Å². The zero-order valence-electron chi connectivity index (χ0n) is 13.6. The Hall–Kier alpha value is -1.84. The molecule has 22 heavy (non-hydrogen) atoms. The van der Waals surface area contributed by atoms with Crippen molar-refractivity contribution < 1.29 is 0 Å². The molecule has 0 amide bonds. The molecule has 0 bridgehead atoms. The van der Waals surface area contributed by atoms with Crippen molar-refractivity contribution in [1.29, 1.82) is 0 Å². The maximum Gasteiger partial charge on any atom is 0.0481 e. The van der Waals surface area contributed by atoms with Gasteiger partial charge >= 0.3 is 0 Å². The molecule has 1 fully saturated rings. The summed E-state index contributed by atoms with van der Waals surface area (Å²) >= 11 is 0. The standard InChI is InChI=1S/C19H25N3/c1-19(2,3)15-8-4-13(5-9-15)17-12-18(22-21-17)14-6-10-16(20)11-7-14/h4-11,17-18,21-22H,12,20H2,1-3H3. The van der Waals surface area contributed by atoms with E-state index in [1.165, 1.54) is 16.7 Å². The number of hydrogen-bond donors (Lipinski definition) is 3. The summed E-state index contributed by atoms with van der Waals surface area (Å²) < 4.78 is 0. The molecule has 0 radical (unpaired) electrons. The summed E-state index contributed by atoms with van der Waals surface area (Å²) in [5.41, 5.74) is 17.6. The molecule has 1 aliphatic rings. The van der Waals surface area contributed by atoms with Gasteiger partial charge in [-0.25, -0.2) is 10.9 Å². The first kappa shape index (κ1) is 15.1. The summed E-state index contributed by atoms with van der Waals surface area (Å²) in [5.74, 6) is 0. The number of hydrogen-bond acceptors (Lipinski definition) is 3. The van der Waals surface area contributed by atoms with E-state index in [0.717, 1.165) is 12.1 Å². The van der Waals surface area contributed by atoms with Crippen LogP contribution in [0.1, 0.15) is 56.0 Å². The van der Waals surface area contributed by atoms with Gasteiger partial charge in [-0.2, -0.15) is 0 Å². The van der Waals surface area contributed by atoms with Crippen LogP contribution in [-0.4, -0.2) is 0 Å². The van der Waals surface area contributed by atoms with E-state index >= 15 is 0 Å². The third-order valence-corrected chi connectivity index (χ3v) is 4.42. The summed E-state index contributed by atoms with van der Waals surface area (Å²) in [6.07, 6.45) is 1.04. The highest BCUT2D eigenvalue weighted by atomic mass is 15.4. The van der Waals surface area contributed by atoms with E-state index in [1.54, 1.807) is 0 Å². The largest absolute Gasteiger partial charge is 0.399 e. The molecule has 116 valence electrons. The van der Waals surface area contributed by atoms with Crippen molar-refractivity contribution in [2.75, 3.05) is 5.73 Å². The van der Waals surface area contributed by atoms with Crippen molar-refractivity contribution in [3.05, 3.63) is 65.2 Å². The minimum Gasteiger partial charge on any atom is -0.399 e. The fourth-order valence-corrected chi connectivity index (χ4v) is 2.94. The minimum atomic E-state index is 0.201. The van der Waals surface area contributed by atoms with Crippen LogP contribution >= 0.6 is 0 Å². The number of hydrazine groups is 1. The van der Waals surface area contributed by atoms with Gasteiger partial charge in [0.15, 0.2) is 0 Å². The van der Waals surface area contributed by atoms with Crippen LogP contribution in [0.15, 0.2) is 48.5 Å². The number of nitrogens with two attached hydrogens (primary N) is 1. The Morgan fingerprint density at radius 2 is 1.27 bits per heavy atom. The second-order valence-corrected chi connectivity index (χ2v) is 7.17. The molecule has 3 rings (SSSR count). The second kappa shape index (κ2) is 5.75. The molecule has 2 aromatic rings. The van der Waals surface area contributed by atoms with Gasteiger partial charge in [0.25, 0.3) is 0 Å². The van der Waals surface area contributed by atoms with Crippen molar-refractivity contribution in [2.45, 2.75) is 44.7 Å². The van der Waals surface area contributed by atoms with Gasteiger partial charge in [0.1, 0.15) is 0 Å². The number of nitrogens with one attached hydrogen (secondary N) is 2. The number of nitrogen functional groups attached to an aromatic ring is 1. The van der Waals surface area contributed by atoms with E-state index in [2.05, 4.69) is 68.0 Å². The zero-order valence-corrected chi connectivity index (χ0v) is 13.6. The van der Waals surface area contributed by atoms with Crippen LogP contribution < -0.4 is 16.6 Å². The average molecular weight is 295 g/mol. The SMILES string of the molecule is CC(C)(C)c1ccc(C2CC(c3ccc(N)cc3)NN2)cc1. The Labute approximate surface area is 132 Å². The molecule has 2 unspecified atom stereocenters. The first-order valence-corrected chi connectivity index (χ1v) is 7.90. The van der Waals surface area contributed by atoms with E-state index in [4.69, 9.17) is 5.73 Å². The molecular weight excluding hydrogens is 270 g/mol. The second-order valence-electron chi connectivity index (χ2n) is 7.17. The molecule has 2 atom stereocenters. The normalized spacial score (nSPS) is 22.0. The van der Waals surface area contributed by atoms with Gasteiger partial charge in [0, 0.05) is 17.8 Å². The summed E-state index contributed by atoms with van der Waals surface area (Å²) in [7, 11) is 0. The van der Waals surface area contributed by atoms with Gasteiger partial charge in [-0.15, -0.1) is 0 Å². The molecule has 3 heteroatoms. The summed E-state index contributed by atoms with van der Waals surface area (Å²) in [5, 5.41) is 0. The minimum absolute atomic E-state index is 0.201.